The topological polar surface area (TPSA) is 40.5 Å². The first-order chi connectivity index (χ1) is 8.18. The molecule has 0 radical (unpaired) electrons. The Labute approximate surface area is 102 Å². The number of carbonyl (C=O) groups is 1. The average molecular weight is 233 g/mol. The van der Waals surface area contributed by atoms with Crippen LogP contribution in [0.5, 0.6) is 0 Å². The summed E-state index contributed by atoms with van der Waals surface area (Å²) >= 11 is 0. The average Bonchev–Trinajstić information content (AvgIpc) is 2.69. The van der Waals surface area contributed by atoms with Crippen LogP contribution in [0.3, 0.4) is 0 Å². The highest BCUT2D eigenvalue weighted by molar-refractivity contribution is 5.66. The van der Waals surface area contributed by atoms with Gasteiger partial charge < -0.3 is 5.11 Å². The Bertz CT molecular complexity index is 377. The third kappa shape index (κ3) is 2.86. The fourth-order valence-electron chi connectivity index (χ4n) is 2.70. The van der Waals surface area contributed by atoms with E-state index < -0.39 is 5.97 Å². The van der Waals surface area contributed by atoms with Crippen molar-refractivity contribution >= 4 is 5.97 Å². The van der Waals surface area contributed by atoms with Crippen LogP contribution in [-0.2, 0) is 4.79 Å². The molecule has 1 N–H and O–H groups in total. The summed E-state index contributed by atoms with van der Waals surface area (Å²) in [5, 5.41) is 8.72. The number of nitrogens with zero attached hydrogens (tertiary/aromatic N) is 1. The number of hydrogen-bond acceptors (Lipinski definition) is 2. The van der Waals surface area contributed by atoms with Gasteiger partial charge in [0.25, 0.3) is 0 Å². The maximum atomic E-state index is 10.6. The highest BCUT2D eigenvalue weighted by Gasteiger charge is 2.31. The SMILES string of the molecule is CC1C(c2ccccc2)CCN1CCC(=O)O. The Balaban J connectivity index is 1.98. The summed E-state index contributed by atoms with van der Waals surface area (Å²) in [5.74, 6) is -0.162. The summed E-state index contributed by atoms with van der Waals surface area (Å²) in [5.41, 5.74) is 1.37. The molecule has 1 aromatic carbocycles. The van der Waals surface area contributed by atoms with Crippen LogP contribution < -0.4 is 0 Å². The Hall–Kier alpha value is -1.35. The lowest BCUT2D eigenvalue weighted by Gasteiger charge is -2.24. The van der Waals surface area contributed by atoms with Crippen molar-refractivity contribution in [3.05, 3.63) is 35.9 Å². The van der Waals surface area contributed by atoms with Crippen molar-refractivity contribution < 1.29 is 9.90 Å². The normalized spacial score (nSPS) is 25.0. The van der Waals surface area contributed by atoms with Gasteiger partial charge in [-0.2, -0.15) is 0 Å². The van der Waals surface area contributed by atoms with E-state index in [-0.39, 0.29) is 6.42 Å². The molecule has 17 heavy (non-hydrogen) atoms. The van der Waals surface area contributed by atoms with E-state index in [2.05, 4.69) is 36.1 Å². The molecule has 3 heteroatoms. The predicted molar refractivity (Wildman–Crippen MR) is 67.1 cm³/mol. The smallest absolute Gasteiger partial charge is 0.304 e. The number of aliphatic carboxylic acids is 1. The van der Waals surface area contributed by atoms with Crippen LogP contribution in [0, 0.1) is 0 Å². The summed E-state index contributed by atoms with van der Waals surface area (Å²) in [6.07, 6.45) is 1.37. The molecule has 0 aliphatic carbocycles. The zero-order chi connectivity index (χ0) is 12.3. The van der Waals surface area contributed by atoms with Crippen LogP contribution >= 0.6 is 0 Å². The maximum Gasteiger partial charge on any atom is 0.304 e. The molecule has 0 amide bonds. The molecule has 1 aliphatic heterocycles. The second kappa shape index (κ2) is 5.32. The van der Waals surface area contributed by atoms with Gasteiger partial charge in [-0.3, -0.25) is 9.69 Å². The van der Waals surface area contributed by atoms with Gasteiger partial charge in [0.15, 0.2) is 0 Å². The van der Waals surface area contributed by atoms with Crippen molar-refractivity contribution in [3.8, 4) is 0 Å². The van der Waals surface area contributed by atoms with E-state index in [9.17, 15) is 4.79 Å². The number of rotatable bonds is 4. The van der Waals surface area contributed by atoms with Gasteiger partial charge in [-0.1, -0.05) is 30.3 Å². The third-order valence-corrected chi connectivity index (χ3v) is 3.73. The minimum Gasteiger partial charge on any atom is -0.481 e. The highest BCUT2D eigenvalue weighted by atomic mass is 16.4. The molecule has 0 saturated carbocycles. The first-order valence-electron chi connectivity index (χ1n) is 6.19. The summed E-state index contributed by atoms with van der Waals surface area (Å²) in [4.78, 5) is 12.9. The molecule has 1 aliphatic rings. The van der Waals surface area contributed by atoms with Crippen LogP contribution in [0.4, 0.5) is 0 Å². The second-order valence-electron chi connectivity index (χ2n) is 4.73. The van der Waals surface area contributed by atoms with Crippen molar-refractivity contribution in [2.45, 2.75) is 31.7 Å². The Morgan fingerprint density at radius 3 is 2.76 bits per heavy atom. The van der Waals surface area contributed by atoms with Gasteiger partial charge in [0, 0.05) is 18.5 Å². The van der Waals surface area contributed by atoms with Crippen LogP contribution in [-0.4, -0.2) is 35.1 Å². The fourth-order valence-corrected chi connectivity index (χ4v) is 2.70. The van der Waals surface area contributed by atoms with Crippen molar-refractivity contribution in [1.29, 1.82) is 0 Å². The Kier molecular flexibility index (Phi) is 3.79. The largest absolute Gasteiger partial charge is 0.481 e. The van der Waals surface area contributed by atoms with E-state index in [0.29, 0.717) is 18.5 Å². The second-order valence-corrected chi connectivity index (χ2v) is 4.73. The molecule has 2 unspecified atom stereocenters. The van der Waals surface area contributed by atoms with Gasteiger partial charge in [-0.25, -0.2) is 0 Å². The Morgan fingerprint density at radius 2 is 2.12 bits per heavy atom. The molecule has 1 aromatic rings. The lowest BCUT2D eigenvalue weighted by atomic mass is 9.93. The molecule has 92 valence electrons. The molecular weight excluding hydrogens is 214 g/mol. The van der Waals surface area contributed by atoms with Crippen LogP contribution in [0.25, 0.3) is 0 Å². The van der Waals surface area contributed by atoms with Gasteiger partial charge in [0.1, 0.15) is 0 Å². The summed E-state index contributed by atoms with van der Waals surface area (Å²) in [7, 11) is 0. The van der Waals surface area contributed by atoms with Crippen molar-refractivity contribution in [1.82, 2.24) is 4.90 Å². The molecular formula is C14H19NO2. The zero-order valence-corrected chi connectivity index (χ0v) is 10.2. The number of hydrogen-bond donors (Lipinski definition) is 1. The van der Waals surface area contributed by atoms with Crippen LogP contribution in [0.2, 0.25) is 0 Å². The minimum absolute atomic E-state index is 0.242. The van der Waals surface area contributed by atoms with Gasteiger partial charge in [0.05, 0.1) is 6.42 Å². The van der Waals surface area contributed by atoms with Crippen LogP contribution in [0.15, 0.2) is 30.3 Å². The van der Waals surface area contributed by atoms with Crippen molar-refractivity contribution in [3.63, 3.8) is 0 Å². The summed E-state index contributed by atoms with van der Waals surface area (Å²) in [6, 6.07) is 11.0. The van der Waals surface area contributed by atoms with Gasteiger partial charge in [-0.15, -0.1) is 0 Å². The molecule has 1 heterocycles. The predicted octanol–water partition coefficient (Wildman–Crippen LogP) is 2.34. The number of carboxylic acids is 1. The number of benzene rings is 1. The highest BCUT2D eigenvalue weighted by Crippen LogP contribution is 2.32. The molecule has 2 atom stereocenters. The first-order valence-corrected chi connectivity index (χ1v) is 6.19. The van der Waals surface area contributed by atoms with E-state index in [1.54, 1.807) is 0 Å². The van der Waals surface area contributed by atoms with E-state index in [1.807, 2.05) is 6.07 Å². The van der Waals surface area contributed by atoms with Gasteiger partial charge in [0.2, 0.25) is 0 Å². The summed E-state index contributed by atoms with van der Waals surface area (Å²) < 4.78 is 0. The molecule has 0 bridgehead atoms. The maximum absolute atomic E-state index is 10.6. The third-order valence-electron chi connectivity index (χ3n) is 3.73. The summed E-state index contributed by atoms with van der Waals surface area (Å²) in [6.45, 7) is 3.88. The molecule has 2 rings (SSSR count). The fraction of sp³-hybridized carbons (Fsp3) is 0.500. The molecule has 3 nitrogen and oxygen atoms in total. The standard InChI is InChI=1S/C14H19NO2/c1-11-13(12-5-3-2-4-6-12)7-9-15(11)10-8-14(16)17/h2-6,11,13H,7-10H2,1H3,(H,16,17). The van der Waals surface area contributed by atoms with E-state index in [0.717, 1.165) is 13.0 Å². The van der Waals surface area contributed by atoms with Gasteiger partial charge >= 0.3 is 5.97 Å². The quantitative estimate of drug-likeness (QED) is 0.867. The molecule has 0 spiro atoms. The monoisotopic (exact) mass is 233 g/mol. The zero-order valence-electron chi connectivity index (χ0n) is 10.2. The lowest BCUT2D eigenvalue weighted by Crippen LogP contribution is -2.31. The van der Waals surface area contributed by atoms with E-state index >= 15 is 0 Å². The van der Waals surface area contributed by atoms with Crippen LogP contribution in [0.1, 0.15) is 31.2 Å². The lowest BCUT2D eigenvalue weighted by molar-refractivity contribution is -0.137. The van der Waals surface area contributed by atoms with Gasteiger partial charge in [-0.05, 0) is 25.5 Å². The van der Waals surface area contributed by atoms with Crippen molar-refractivity contribution in [2.24, 2.45) is 0 Å². The van der Waals surface area contributed by atoms with Crippen molar-refractivity contribution in [2.75, 3.05) is 13.1 Å². The minimum atomic E-state index is -0.708. The molecule has 0 aromatic heterocycles. The molecule has 1 fully saturated rings. The molecule has 1 saturated heterocycles. The first kappa shape index (κ1) is 12.1. The van der Waals surface area contributed by atoms with E-state index in [4.69, 9.17) is 5.11 Å². The number of carboxylic acid groups (broad SMARTS) is 1. The van der Waals surface area contributed by atoms with E-state index in [1.165, 1.54) is 5.56 Å². The Morgan fingerprint density at radius 1 is 1.41 bits per heavy atom. The number of likely N-dealkylation sites (tertiary alicyclic amines) is 1.